The lowest BCUT2D eigenvalue weighted by Gasteiger charge is -2.24. The summed E-state index contributed by atoms with van der Waals surface area (Å²) in [5.74, 6) is 1.43. The van der Waals surface area contributed by atoms with Crippen molar-refractivity contribution in [2.75, 3.05) is 13.7 Å². The molecule has 0 bridgehead atoms. The van der Waals surface area contributed by atoms with Crippen LogP contribution < -0.4 is 9.26 Å². The molecular weight excluding hydrogens is 311 g/mol. The molecule has 0 radical (unpaired) electrons. The maximum Gasteiger partial charge on any atom is 0.389 e. The molecule has 4 nitrogen and oxygen atoms in total. The SMILES string of the molecule is CCOP1(=O)Oc2cc(-c3cccc(OC)c3)ccc2C1(C)C. The van der Waals surface area contributed by atoms with Gasteiger partial charge in [-0.2, -0.15) is 0 Å². The Morgan fingerprint density at radius 2 is 1.87 bits per heavy atom. The van der Waals surface area contributed by atoms with E-state index >= 15 is 0 Å². The number of ether oxygens (including phenoxy) is 1. The highest BCUT2D eigenvalue weighted by molar-refractivity contribution is 7.56. The minimum atomic E-state index is -3.21. The highest BCUT2D eigenvalue weighted by atomic mass is 31.2. The second-order valence-electron chi connectivity index (χ2n) is 6.01. The Morgan fingerprint density at radius 1 is 1.13 bits per heavy atom. The zero-order chi connectivity index (χ0) is 16.7. The topological polar surface area (TPSA) is 44.8 Å². The van der Waals surface area contributed by atoms with E-state index in [2.05, 4.69) is 0 Å². The molecule has 0 aromatic heterocycles. The van der Waals surface area contributed by atoms with Gasteiger partial charge >= 0.3 is 7.60 Å². The van der Waals surface area contributed by atoms with Gasteiger partial charge in [0.2, 0.25) is 0 Å². The van der Waals surface area contributed by atoms with E-state index in [4.69, 9.17) is 13.8 Å². The molecule has 0 spiro atoms. The normalized spacial score (nSPS) is 21.6. The predicted molar refractivity (Wildman–Crippen MR) is 91.3 cm³/mol. The number of rotatable bonds is 4. The quantitative estimate of drug-likeness (QED) is 0.720. The summed E-state index contributed by atoms with van der Waals surface area (Å²) in [6, 6.07) is 13.7. The summed E-state index contributed by atoms with van der Waals surface area (Å²) in [4.78, 5) is 0. The van der Waals surface area contributed by atoms with Crippen LogP contribution in [-0.2, 0) is 14.2 Å². The molecule has 0 amide bonds. The molecule has 1 aliphatic heterocycles. The van der Waals surface area contributed by atoms with E-state index in [0.717, 1.165) is 22.4 Å². The van der Waals surface area contributed by atoms with Gasteiger partial charge in [-0.1, -0.05) is 24.3 Å². The van der Waals surface area contributed by atoms with E-state index in [1.807, 2.05) is 63.2 Å². The average molecular weight is 332 g/mol. The number of benzene rings is 2. The molecule has 2 aromatic carbocycles. The van der Waals surface area contributed by atoms with Gasteiger partial charge in [-0.3, -0.25) is 4.52 Å². The van der Waals surface area contributed by atoms with Crippen LogP contribution in [0.4, 0.5) is 0 Å². The summed E-state index contributed by atoms with van der Waals surface area (Å²) >= 11 is 0. The average Bonchev–Trinajstić information content (AvgIpc) is 2.73. The van der Waals surface area contributed by atoms with Crippen molar-refractivity contribution in [2.24, 2.45) is 0 Å². The predicted octanol–water partition coefficient (Wildman–Crippen LogP) is 5.22. The molecule has 0 N–H and O–H groups in total. The fourth-order valence-corrected chi connectivity index (χ4v) is 4.67. The van der Waals surface area contributed by atoms with Crippen LogP contribution in [0.25, 0.3) is 11.1 Å². The third-order valence-electron chi connectivity index (χ3n) is 4.25. The smallest absolute Gasteiger partial charge is 0.389 e. The lowest BCUT2D eigenvalue weighted by Crippen LogP contribution is -2.15. The first kappa shape index (κ1) is 16.1. The van der Waals surface area contributed by atoms with E-state index in [9.17, 15) is 4.57 Å². The number of fused-ring (bicyclic) bond motifs is 1. The van der Waals surface area contributed by atoms with Gasteiger partial charge in [0.15, 0.2) is 0 Å². The third-order valence-corrected chi connectivity index (χ3v) is 6.89. The van der Waals surface area contributed by atoms with Crippen molar-refractivity contribution in [3.63, 3.8) is 0 Å². The first-order valence-corrected chi connectivity index (χ1v) is 9.19. The van der Waals surface area contributed by atoms with Crippen molar-refractivity contribution < 1.29 is 18.3 Å². The molecule has 1 heterocycles. The Labute approximate surface area is 136 Å². The first-order chi connectivity index (χ1) is 10.9. The maximum absolute atomic E-state index is 13.0. The Bertz CT molecular complexity index is 782. The molecule has 0 aliphatic carbocycles. The second-order valence-corrected chi connectivity index (χ2v) is 8.56. The van der Waals surface area contributed by atoms with Crippen LogP contribution >= 0.6 is 7.60 Å². The van der Waals surface area contributed by atoms with Gasteiger partial charge < -0.3 is 9.26 Å². The lowest BCUT2D eigenvalue weighted by atomic mass is 9.97. The summed E-state index contributed by atoms with van der Waals surface area (Å²) in [6.07, 6.45) is 0. The van der Waals surface area contributed by atoms with Gasteiger partial charge in [0.05, 0.1) is 13.7 Å². The molecule has 1 atom stereocenters. The Hall–Kier alpha value is -1.77. The van der Waals surface area contributed by atoms with Crippen LogP contribution in [0.5, 0.6) is 11.5 Å². The molecule has 2 aromatic rings. The van der Waals surface area contributed by atoms with Gasteiger partial charge in [0.1, 0.15) is 16.7 Å². The number of hydrogen-bond donors (Lipinski definition) is 0. The zero-order valence-electron chi connectivity index (χ0n) is 13.8. The molecule has 3 rings (SSSR count). The fraction of sp³-hybridized carbons (Fsp3) is 0.333. The van der Waals surface area contributed by atoms with Crippen molar-refractivity contribution in [2.45, 2.75) is 25.9 Å². The van der Waals surface area contributed by atoms with Crippen LogP contribution in [0.1, 0.15) is 26.3 Å². The van der Waals surface area contributed by atoms with Crippen LogP contribution in [0.3, 0.4) is 0 Å². The van der Waals surface area contributed by atoms with E-state index < -0.39 is 12.8 Å². The molecule has 1 aliphatic rings. The summed E-state index contributed by atoms with van der Waals surface area (Å²) in [6.45, 7) is 5.99. The van der Waals surface area contributed by atoms with Crippen molar-refractivity contribution in [1.29, 1.82) is 0 Å². The molecule has 0 fully saturated rings. The van der Waals surface area contributed by atoms with Crippen molar-refractivity contribution in [3.8, 4) is 22.6 Å². The van der Waals surface area contributed by atoms with Crippen molar-refractivity contribution >= 4 is 7.60 Å². The molecule has 122 valence electrons. The standard InChI is InChI=1S/C18H21O4P/c1-5-21-23(19)18(2,3)16-10-9-14(12-17(16)22-23)13-7-6-8-15(11-13)20-4/h6-12H,5H2,1-4H3. The van der Waals surface area contributed by atoms with Crippen LogP contribution in [-0.4, -0.2) is 13.7 Å². The van der Waals surface area contributed by atoms with Crippen molar-refractivity contribution in [1.82, 2.24) is 0 Å². The molecule has 23 heavy (non-hydrogen) atoms. The Morgan fingerprint density at radius 3 is 2.57 bits per heavy atom. The Balaban J connectivity index is 2.04. The molecule has 1 unspecified atom stereocenters. The van der Waals surface area contributed by atoms with Gasteiger partial charge in [-0.25, -0.2) is 4.57 Å². The molecular formula is C18H21O4P. The minimum Gasteiger partial charge on any atom is -0.497 e. The summed E-state index contributed by atoms with van der Waals surface area (Å²) in [5.41, 5.74) is 2.93. The first-order valence-electron chi connectivity index (χ1n) is 7.64. The summed E-state index contributed by atoms with van der Waals surface area (Å²) in [7, 11) is -1.56. The van der Waals surface area contributed by atoms with Crippen molar-refractivity contribution in [3.05, 3.63) is 48.0 Å². The maximum atomic E-state index is 13.0. The lowest BCUT2D eigenvalue weighted by molar-refractivity contribution is 0.270. The third kappa shape index (κ3) is 2.56. The summed E-state index contributed by atoms with van der Waals surface area (Å²) < 4.78 is 29.5. The van der Waals surface area contributed by atoms with Gasteiger partial charge in [0.25, 0.3) is 0 Å². The van der Waals surface area contributed by atoms with Gasteiger partial charge in [0, 0.05) is 5.56 Å². The summed E-state index contributed by atoms with van der Waals surface area (Å²) in [5, 5.41) is -0.648. The second kappa shape index (κ2) is 5.70. The van der Waals surface area contributed by atoms with Crippen LogP contribution in [0.2, 0.25) is 0 Å². The molecule has 0 saturated heterocycles. The van der Waals surface area contributed by atoms with Crippen LogP contribution in [0.15, 0.2) is 42.5 Å². The molecule has 0 saturated carbocycles. The minimum absolute atomic E-state index is 0.359. The van der Waals surface area contributed by atoms with E-state index in [1.54, 1.807) is 7.11 Å². The van der Waals surface area contributed by atoms with E-state index in [1.165, 1.54) is 0 Å². The number of methoxy groups -OCH3 is 1. The highest BCUT2D eigenvalue weighted by Crippen LogP contribution is 2.70. The van der Waals surface area contributed by atoms with Gasteiger partial charge in [-0.05, 0) is 50.1 Å². The number of hydrogen-bond acceptors (Lipinski definition) is 4. The van der Waals surface area contributed by atoms with E-state index in [-0.39, 0.29) is 0 Å². The largest absolute Gasteiger partial charge is 0.497 e. The van der Waals surface area contributed by atoms with Crippen LogP contribution in [0, 0.1) is 0 Å². The Kier molecular flexibility index (Phi) is 3.99. The highest BCUT2D eigenvalue weighted by Gasteiger charge is 2.53. The molecule has 5 heteroatoms. The van der Waals surface area contributed by atoms with Gasteiger partial charge in [-0.15, -0.1) is 0 Å². The zero-order valence-corrected chi connectivity index (χ0v) is 14.7. The monoisotopic (exact) mass is 332 g/mol. The van der Waals surface area contributed by atoms with E-state index in [0.29, 0.717) is 12.4 Å². The fourth-order valence-electron chi connectivity index (χ4n) is 2.83.